The Bertz CT molecular complexity index is 1040. The summed E-state index contributed by atoms with van der Waals surface area (Å²) in [5.74, 6) is 1.81. The highest BCUT2D eigenvalue weighted by Gasteiger charge is 2.16. The van der Waals surface area contributed by atoms with Crippen LogP contribution in [0, 0.1) is 17.0 Å². The number of rotatable bonds is 7. The lowest BCUT2D eigenvalue weighted by Gasteiger charge is -2.16. The Labute approximate surface area is 162 Å². The standard InChI is InChI=1S/C20H21N3O5/c1-12-8-15(14-6-5-7-16(23(24)25)20(14)22-12)21-11-13-9-18(27-3)19(28-4)10-17(13)26-2/h5-10H,11H2,1-4H3,(H,21,22). The summed E-state index contributed by atoms with van der Waals surface area (Å²) in [4.78, 5) is 15.3. The van der Waals surface area contributed by atoms with Crippen LogP contribution in [0.1, 0.15) is 11.3 Å². The fourth-order valence-electron chi connectivity index (χ4n) is 3.08. The van der Waals surface area contributed by atoms with Crippen molar-refractivity contribution in [2.45, 2.75) is 13.5 Å². The predicted molar refractivity (Wildman–Crippen MR) is 107 cm³/mol. The number of non-ortho nitro benzene ring substituents is 1. The molecular weight excluding hydrogens is 362 g/mol. The number of hydrogen-bond acceptors (Lipinski definition) is 7. The van der Waals surface area contributed by atoms with Crippen LogP contribution in [0.15, 0.2) is 36.4 Å². The van der Waals surface area contributed by atoms with Gasteiger partial charge in [0, 0.05) is 41.0 Å². The number of fused-ring (bicyclic) bond motifs is 1. The molecule has 0 aliphatic carbocycles. The number of aromatic nitrogens is 1. The third kappa shape index (κ3) is 3.62. The average molecular weight is 383 g/mol. The first-order valence-corrected chi connectivity index (χ1v) is 8.56. The summed E-state index contributed by atoms with van der Waals surface area (Å²) in [5, 5.41) is 15.3. The Morgan fingerprint density at radius 3 is 2.36 bits per heavy atom. The Balaban J connectivity index is 2.01. The van der Waals surface area contributed by atoms with E-state index in [-0.39, 0.29) is 5.69 Å². The third-order valence-electron chi connectivity index (χ3n) is 4.40. The van der Waals surface area contributed by atoms with Crippen molar-refractivity contribution in [1.82, 2.24) is 4.98 Å². The molecule has 146 valence electrons. The molecule has 0 fully saturated rings. The van der Waals surface area contributed by atoms with E-state index in [0.717, 1.165) is 11.3 Å². The number of benzene rings is 2. The number of nitro groups is 1. The lowest BCUT2D eigenvalue weighted by Crippen LogP contribution is -2.05. The Morgan fingerprint density at radius 2 is 1.71 bits per heavy atom. The van der Waals surface area contributed by atoms with Gasteiger partial charge in [-0.15, -0.1) is 0 Å². The molecule has 3 aromatic rings. The maximum Gasteiger partial charge on any atom is 0.295 e. The number of hydrogen-bond donors (Lipinski definition) is 1. The van der Waals surface area contributed by atoms with Gasteiger partial charge in [-0.25, -0.2) is 4.98 Å². The van der Waals surface area contributed by atoms with Crippen LogP contribution in [0.2, 0.25) is 0 Å². The van der Waals surface area contributed by atoms with Gasteiger partial charge in [0.05, 0.1) is 26.3 Å². The van der Waals surface area contributed by atoms with E-state index in [2.05, 4.69) is 10.3 Å². The van der Waals surface area contributed by atoms with E-state index < -0.39 is 4.92 Å². The van der Waals surface area contributed by atoms with E-state index in [1.807, 2.05) is 18.2 Å². The number of nitrogens with one attached hydrogen (secondary N) is 1. The van der Waals surface area contributed by atoms with E-state index in [9.17, 15) is 10.1 Å². The molecule has 28 heavy (non-hydrogen) atoms. The molecule has 1 aromatic heterocycles. The molecule has 1 N–H and O–H groups in total. The van der Waals surface area contributed by atoms with E-state index in [1.54, 1.807) is 40.4 Å². The Morgan fingerprint density at radius 1 is 1.04 bits per heavy atom. The van der Waals surface area contributed by atoms with Crippen LogP contribution in [0.4, 0.5) is 11.4 Å². The van der Waals surface area contributed by atoms with Crippen LogP contribution < -0.4 is 19.5 Å². The maximum atomic E-state index is 11.3. The van der Waals surface area contributed by atoms with Crippen molar-refractivity contribution in [3.8, 4) is 17.2 Å². The predicted octanol–water partition coefficient (Wildman–Crippen LogP) is 4.09. The molecule has 2 aromatic carbocycles. The van der Waals surface area contributed by atoms with Crippen molar-refractivity contribution < 1.29 is 19.1 Å². The lowest BCUT2D eigenvalue weighted by atomic mass is 10.1. The number of pyridine rings is 1. The van der Waals surface area contributed by atoms with Gasteiger partial charge >= 0.3 is 0 Å². The summed E-state index contributed by atoms with van der Waals surface area (Å²) in [5.41, 5.74) is 2.63. The maximum absolute atomic E-state index is 11.3. The molecule has 8 nitrogen and oxygen atoms in total. The summed E-state index contributed by atoms with van der Waals surface area (Å²) in [6.45, 7) is 2.23. The molecule has 0 saturated heterocycles. The number of para-hydroxylation sites is 1. The summed E-state index contributed by atoms with van der Waals surface area (Å²) < 4.78 is 16.1. The smallest absolute Gasteiger partial charge is 0.295 e. The van der Waals surface area contributed by atoms with Crippen LogP contribution >= 0.6 is 0 Å². The molecule has 0 spiro atoms. The number of ether oxygens (including phenoxy) is 3. The van der Waals surface area contributed by atoms with E-state index in [4.69, 9.17) is 14.2 Å². The summed E-state index contributed by atoms with van der Waals surface area (Å²) >= 11 is 0. The highest BCUT2D eigenvalue weighted by molar-refractivity contribution is 5.96. The first kappa shape index (κ1) is 19.2. The molecule has 0 unspecified atom stereocenters. The van der Waals surface area contributed by atoms with E-state index >= 15 is 0 Å². The molecule has 0 amide bonds. The lowest BCUT2D eigenvalue weighted by molar-refractivity contribution is -0.383. The van der Waals surface area contributed by atoms with Gasteiger partial charge in [0.1, 0.15) is 5.75 Å². The summed E-state index contributed by atoms with van der Waals surface area (Å²) in [6.07, 6.45) is 0. The van der Waals surface area contributed by atoms with Crippen LogP contribution in [-0.2, 0) is 6.54 Å². The first-order valence-electron chi connectivity index (χ1n) is 8.56. The highest BCUT2D eigenvalue weighted by atomic mass is 16.6. The molecule has 8 heteroatoms. The second-order valence-corrected chi connectivity index (χ2v) is 6.11. The van der Waals surface area contributed by atoms with Gasteiger partial charge in [-0.2, -0.15) is 0 Å². The van der Waals surface area contributed by atoms with Crippen molar-refractivity contribution in [2.24, 2.45) is 0 Å². The molecule has 0 radical (unpaired) electrons. The monoisotopic (exact) mass is 383 g/mol. The molecular formula is C20H21N3O5. The zero-order valence-corrected chi connectivity index (χ0v) is 16.1. The number of nitrogens with zero attached hydrogens (tertiary/aromatic N) is 2. The molecule has 1 heterocycles. The van der Waals surface area contributed by atoms with E-state index in [0.29, 0.717) is 40.4 Å². The number of anilines is 1. The van der Waals surface area contributed by atoms with Crippen LogP contribution in [0.25, 0.3) is 10.9 Å². The van der Waals surface area contributed by atoms with Crippen molar-refractivity contribution in [1.29, 1.82) is 0 Å². The zero-order chi connectivity index (χ0) is 20.3. The Kier molecular flexibility index (Phi) is 5.49. The fourth-order valence-corrected chi connectivity index (χ4v) is 3.08. The molecule has 0 atom stereocenters. The summed E-state index contributed by atoms with van der Waals surface area (Å²) in [6, 6.07) is 10.4. The van der Waals surface area contributed by atoms with Gasteiger partial charge in [-0.1, -0.05) is 12.1 Å². The van der Waals surface area contributed by atoms with Gasteiger partial charge in [0.2, 0.25) is 0 Å². The summed E-state index contributed by atoms with van der Waals surface area (Å²) in [7, 11) is 4.72. The van der Waals surface area contributed by atoms with Gasteiger partial charge < -0.3 is 19.5 Å². The van der Waals surface area contributed by atoms with Crippen LogP contribution in [0.3, 0.4) is 0 Å². The van der Waals surface area contributed by atoms with Crippen LogP contribution in [0.5, 0.6) is 17.2 Å². The number of aryl methyl sites for hydroxylation is 1. The van der Waals surface area contributed by atoms with E-state index in [1.165, 1.54) is 6.07 Å². The normalized spacial score (nSPS) is 10.6. The second-order valence-electron chi connectivity index (χ2n) is 6.11. The van der Waals surface area contributed by atoms with Gasteiger partial charge in [0.25, 0.3) is 5.69 Å². The molecule has 0 saturated carbocycles. The van der Waals surface area contributed by atoms with Crippen molar-refractivity contribution >= 4 is 22.3 Å². The topological polar surface area (TPSA) is 95.8 Å². The van der Waals surface area contributed by atoms with Crippen molar-refractivity contribution in [3.05, 3.63) is 57.8 Å². The minimum absolute atomic E-state index is 0.0204. The zero-order valence-electron chi connectivity index (χ0n) is 16.1. The van der Waals surface area contributed by atoms with Crippen molar-refractivity contribution in [2.75, 3.05) is 26.6 Å². The molecule has 0 aliphatic heterocycles. The Hall–Kier alpha value is -3.55. The first-order chi connectivity index (χ1) is 13.5. The number of methoxy groups -OCH3 is 3. The minimum Gasteiger partial charge on any atom is -0.496 e. The molecule has 0 aliphatic rings. The van der Waals surface area contributed by atoms with Gasteiger partial charge in [-0.3, -0.25) is 10.1 Å². The second kappa shape index (κ2) is 7.99. The van der Waals surface area contributed by atoms with Crippen molar-refractivity contribution in [3.63, 3.8) is 0 Å². The number of nitro benzene ring substituents is 1. The SMILES string of the molecule is COc1cc(OC)c(OC)cc1CNc1cc(C)nc2c([N+](=O)[O-])cccc12. The largest absolute Gasteiger partial charge is 0.496 e. The highest BCUT2D eigenvalue weighted by Crippen LogP contribution is 2.36. The molecule has 3 rings (SSSR count). The fraction of sp³-hybridized carbons (Fsp3) is 0.250. The van der Waals surface area contributed by atoms with Gasteiger partial charge in [-0.05, 0) is 19.1 Å². The quantitative estimate of drug-likeness (QED) is 0.485. The third-order valence-corrected chi connectivity index (χ3v) is 4.40. The minimum atomic E-state index is -0.421. The molecule has 0 bridgehead atoms. The van der Waals surface area contributed by atoms with Crippen LogP contribution in [-0.4, -0.2) is 31.2 Å². The average Bonchev–Trinajstić information content (AvgIpc) is 2.70. The van der Waals surface area contributed by atoms with Gasteiger partial charge in [0.15, 0.2) is 17.0 Å².